The molecule has 2 aromatic heterocycles. The van der Waals surface area contributed by atoms with Crippen LogP contribution >= 0.6 is 0 Å². The van der Waals surface area contributed by atoms with Gasteiger partial charge in [-0.15, -0.1) is 10.2 Å². The maximum Gasteiger partial charge on any atom is 0.255 e. The van der Waals surface area contributed by atoms with E-state index in [1.807, 2.05) is 36.4 Å². The zero-order valence-electron chi connectivity index (χ0n) is 13.5. The van der Waals surface area contributed by atoms with Gasteiger partial charge >= 0.3 is 0 Å². The van der Waals surface area contributed by atoms with Crippen LogP contribution in [0.4, 0.5) is 5.69 Å². The normalized spacial score (nSPS) is 10.4. The van der Waals surface area contributed by atoms with Crippen LogP contribution in [-0.2, 0) is 0 Å². The minimum absolute atomic E-state index is 0.276. The molecule has 2 aromatic carbocycles. The topological polar surface area (TPSA) is 96.0 Å². The van der Waals surface area contributed by atoms with E-state index >= 15 is 0 Å². The highest BCUT2D eigenvalue weighted by Crippen LogP contribution is 2.21. The molecule has 0 aliphatic carbocycles. The van der Waals surface area contributed by atoms with Crippen LogP contribution < -0.4 is 5.32 Å². The minimum Gasteiger partial charge on any atom is -0.322 e. The third kappa shape index (κ3) is 2.99. The Morgan fingerprint density at radius 3 is 2.85 bits per heavy atom. The molecular weight excluding hydrogens is 328 g/mol. The van der Waals surface area contributed by atoms with E-state index in [2.05, 4.69) is 20.6 Å². The largest absolute Gasteiger partial charge is 0.322 e. The number of amides is 1. The highest BCUT2D eigenvalue weighted by atomic mass is 16.1. The van der Waals surface area contributed by atoms with Crippen molar-refractivity contribution in [2.24, 2.45) is 0 Å². The lowest BCUT2D eigenvalue weighted by molar-refractivity contribution is 0.102. The molecule has 0 saturated carbocycles. The van der Waals surface area contributed by atoms with Crippen LogP contribution in [-0.4, -0.2) is 25.7 Å². The molecule has 0 aliphatic heterocycles. The van der Waals surface area contributed by atoms with E-state index < -0.39 is 0 Å². The Hall–Kier alpha value is -4.05. The highest BCUT2D eigenvalue weighted by molar-refractivity contribution is 6.04. The first kappa shape index (κ1) is 15.5. The number of nitrogens with one attached hydrogen (secondary N) is 1. The van der Waals surface area contributed by atoms with Gasteiger partial charge in [-0.1, -0.05) is 18.2 Å². The predicted octanol–water partition coefficient (Wildman–Crippen LogP) is 2.92. The second-order valence-corrected chi connectivity index (χ2v) is 5.58. The summed E-state index contributed by atoms with van der Waals surface area (Å²) >= 11 is 0. The van der Waals surface area contributed by atoms with Crippen LogP contribution in [0.2, 0.25) is 0 Å². The number of hydrogen-bond donors (Lipinski definition) is 1. The van der Waals surface area contributed by atoms with E-state index in [0.717, 1.165) is 11.3 Å². The predicted molar refractivity (Wildman–Crippen MR) is 95.3 cm³/mol. The van der Waals surface area contributed by atoms with E-state index in [0.29, 0.717) is 22.5 Å². The van der Waals surface area contributed by atoms with Crippen molar-refractivity contribution in [2.45, 2.75) is 0 Å². The number of rotatable bonds is 3. The van der Waals surface area contributed by atoms with E-state index in [9.17, 15) is 4.79 Å². The molecule has 0 saturated heterocycles. The molecule has 7 heteroatoms. The number of carbonyl (C=O) groups is 1. The lowest BCUT2D eigenvalue weighted by Crippen LogP contribution is -2.12. The Morgan fingerprint density at radius 1 is 1.08 bits per heavy atom. The molecule has 26 heavy (non-hydrogen) atoms. The smallest absolute Gasteiger partial charge is 0.255 e. The first-order valence-corrected chi connectivity index (χ1v) is 7.82. The van der Waals surface area contributed by atoms with Gasteiger partial charge in [0.25, 0.3) is 5.91 Å². The molecule has 4 rings (SSSR count). The van der Waals surface area contributed by atoms with Crippen LogP contribution in [0.5, 0.6) is 0 Å². The molecule has 0 atom stereocenters. The lowest BCUT2D eigenvalue weighted by atomic mass is 10.1. The molecule has 2 heterocycles. The van der Waals surface area contributed by atoms with E-state index in [4.69, 9.17) is 5.26 Å². The number of anilines is 1. The Morgan fingerprint density at radius 2 is 1.96 bits per heavy atom. The van der Waals surface area contributed by atoms with Crippen LogP contribution in [0.25, 0.3) is 16.9 Å². The maximum absolute atomic E-state index is 12.4. The monoisotopic (exact) mass is 340 g/mol. The fourth-order valence-corrected chi connectivity index (χ4v) is 2.57. The SMILES string of the molecule is N#Cc1cccc(C(=O)Nc2cccc(-c3ccc4nncn4n3)c2)c1. The molecule has 1 N–H and O–H groups in total. The van der Waals surface area contributed by atoms with Crippen LogP contribution in [0.1, 0.15) is 15.9 Å². The zero-order chi connectivity index (χ0) is 17.9. The summed E-state index contributed by atoms with van der Waals surface area (Å²) in [5.41, 5.74) is 3.76. The molecule has 0 spiro atoms. The molecule has 0 aliphatic rings. The van der Waals surface area contributed by atoms with Crippen molar-refractivity contribution in [3.05, 3.63) is 78.1 Å². The highest BCUT2D eigenvalue weighted by Gasteiger charge is 2.09. The lowest BCUT2D eigenvalue weighted by Gasteiger charge is -2.08. The first-order valence-electron chi connectivity index (χ1n) is 7.82. The summed E-state index contributed by atoms with van der Waals surface area (Å²) < 4.78 is 1.59. The summed E-state index contributed by atoms with van der Waals surface area (Å²) in [4.78, 5) is 12.4. The van der Waals surface area contributed by atoms with Crippen molar-refractivity contribution in [3.8, 4) is 17.3 Å². The van der Waals surface area contributed by atoms with E-state index in [1.54, 1.807) is 34.8 Å². The average molecular weight is 340 g/mol. The number of nitriles is 1. The fourth-order valence-electron chi connectivity index (χ4n) is 2.57. The Bertz CT molecular complexity index is 1160. The molecule has 0 radical (unpaired) electrons. The number of aromatic nitrogens is 4. The van der Waals surface area contributed by atoms with Crippen molar-refractivity contribution in [1.82, 2.24) is 19.8 Å². The summed E-state index contributed by atoms with van der Waals surface area (Å²) in [5.74, 6) is -0.276. The summed E-state index contributed by atoms with van der Waals surface area (Å²) in [6.07, 6.45) is 1.53. The second-order valence-electron chi connectivity index (χ2n) is 5.58. The van der Waals surface area contributed by atoms with Gasteiger partial charge in [0.15, 0.2) is 5.65 Å². The van der Waals surface area contributed by atoms with Crippen LogP contribution in [0, 0.1) is 11.3 Å². The van der Waals surface area contributed by atoms with Crippen LogP contribution in [0.15, 0.2) is 67.0 Å². The number of benzene rings is 2. The van der Waals surface area contributed by atoms with Crippen molar-refractivity contribution >= 4 is 17.2 Å². The van der Waals surface area contributed by atoms with Gasteiger partial charge in [0.05, 0.1) is 17.3 Å². The van der Waals surface area contributed by atoms with Crippen molar-refractivity contribution in [2.75, 3.05) is 5.32 Å². The third-order valence-corrected chi connectivity index (χ3v) is 3.83. The molecule has 4 aromatic rings. The Kier molecular flexibility index (Phi) is 3.84. The molecule has 7 nitrogen and oxygen atoms in total. The molecule has 0 unspecified atom stereocenters. The van der Waals surface area contributed by atoms with Gasteiger partial charge < -0.3 is 5.32 Å². The van der Waals surface area contributed by atoms with Gasteiger partial charge in [-0.3, -0.25) is 4.79 Å². The van der Waals surface area contributed by atoms with Gasteiger partial charge in [0, 0.05) is 16.8 Å². The number of hydrogen-bond acceptors (Lipinski definition) is 5. The summed E-state index contributed by atoms with van der Waals surface area (Å²) in [6, 6.07) is 19.7. The minimum atomic E-state index is -0.276. The molecule has 1 amide bonds. The summed E-state index contributed by atoms with van der Waals surface area (Å²) in [7, 11) is 0. The molecular formula is C19H12N6O. The number of carbonyl (C=O) groups excluding carboxylic acids is 1. The average Bonchev–Trinajstić information content (AvgIpc) is 3.16. The standard InChI is InChI=1S/C19H12N6O/c20-11-13-3-1-5-15(9-13)19(26)22-16-6-2-4-14(10-16)17-7-8-18-23-21-12-25(18)24-17/h1-10,12H,(H,22,26). The molecule has 124 valence electrons. The Balaban J connectivity index is 1.61. The van der Waals surface area contributed by atoms with Crippen LogP contribution in [0.3, 0.4) is 0 Å². The summed E-state index contributed by atoms with van der Waals surface area (Å²) in [6.45, 7) is 0. The first-order chi connectivity index (χ1) is 12.7. The van der Waals surface area contributed by atoms with Gasteiger partial charge in [-0.2, -0.15) is 14.9 Å². The zero-order valence-corrected chi connectivity index (χ0v) is 13.5. The third-order valence-electron chi connectivity index (χ3n) is 3.83. The van der Waals surface area contributed by atoms with Gasteiger partial charge in [0.2, 0.25) is 0 Å². The van der Waals surface area contributed by atoms with Crippen molar-refractivity contribution in [1.29, 1.82) is 5.26 Å². The molecule has 0 bridgehead atoms. The van der Waals surface area contributed by atoms with E-state index in [-0.39, 0.29) is 5.91 Å². The number of nitrogens with zero attached hydrogens (tertiary/aromatic N) is 5. The van der Waals surface area contributed by atoms with Crippen molar-refractivity contribution < 1.29 is 4.79 Å². The van der Waals surface area contributed by atoms with Crippen molar-refractivity contribution in [3.63, 3.8) is 0 Å². The quantitative estimate of drug-likeness (QED) is 0.618. The Labute approximate surface area is 148 Å². The summed E-state index contributed by atoms with van der Waals surface area (Å²) in [5, 5.41) is 24.0. The second kappa shape index (κ2) is 6.45. The van der Waals surface area contributed by atoms with Gasteiger partial charge in [0.1, 0.15) is 6.33 Å². The van der Waals surface area contributed by atoms with E-state index in [1.165, 1.54) is 6.33 Å². The van der Waals surface area contributed by atoms with Gasteiger partial charge in [-0.25, -0.2) is 0 Å². The molecule has 0 fully saturated rings. The fraction of sp³-hybridized carbons (Fsp3) is 0. The van der Waals surface area contributed by atoms with Gasteiger partial charge in [-0.05, 0) is 42.5 Å². The number of fused-ring (bicyclic) bond motifs is 1. The maximum atomic E-state index is 12.4.